The summed E-state index contributed by atoms with van der Waals surface area (Å²) in [7, 11) is 3.00. The number of carbonyl (C=O) groups excluding carboxylic acids is 2. The number of methoxy groups -OCH3 is 2. The van der Waals surface area contributed by atoms with E-state index in [0.717, 1.165) is 22.4 Å². The highest BCUT2D eigenvalue weighted by molar-refractivity contribution is 5.95. The van der Waals surface area contributed by atoms with E-state index in [1.807, 2.05) is 47.4 Å². The standard InChI is InChI=1S/C29H29FN2O4/c1-35-27-11-4-3-7-21(27)10-6-16-32-19-25(18-26(32)29(34)36-2)31-28(33)23-9-5-8-22(17-23)20-12-14-24(30)15-13-20/h3-15,17,25-26H,16,18-19H2,1-2H3,(H,31,33)/b10-6+/t25-,26+/m1/s1. The second-order valence-electron chi connectivity index (χ2n) is 8.63. The van der Waals surface area contributed by atoms with Crippen LogP contribution in [0, 0.1) is 5.82 Å². The molecule has 2 atom stereocenters. The van der Waals surface area contributed by atoms with E-state index in [2.05, 4.69) is 5.32 Å². The summed E-state index contributed by atoms with van der Waals surface area (Å²) in [5.41, 5.74) is 3.09. The number of likely N-dealkylation sites (tertiary alicyclic amines) is 1. The molecule has 0 bridgehead atoms. The van der Waals surface area contributed by atoms with Crippen molar-refractivity contribution < 1.29 is 23.5 Å². The Hall–Kier alpha value is -3.97. The molecule has 0 saturated carbocycles. The molecule has 0 spiro atoms. The number of rotatable bonds is 8. The fourth-order valence-corrected chi connectivity index (χ4v) is 4.46. The van der Waals surface area contributed by atoms with Gasteiger partial charge in [0.1, 0.15) is 17.6 Å². The zero-order chi connectivity index (χ0) is 25.5. The molecule has 0 radical (unpaired) electrons. The molecule has 1 saturated heterocycles. The van der Waals surface area contributed by atoms with Gasteiger partial charge in [0.15, 0.2) is 0 Å². The SMILES string of the molecule is COC(=O)[C@@H]1C[C@@H](NC(=O)c2cccc(-c3ccc(F)cc3)c2)CN1C/C=C/c1ccccc1OC. The van der Waals surface area contributed by atoms with E-state index in [-0.39, 0.29) is 23.7 Å². The van der Waals surface area contributed by atoms with Gasteiger partial charge in [-0.05, 0) is 47.9 Å². The number of nitrogens with one attached hydrogen (secondary N) is 1. The summed E-state index contributed by atoms with van der Waals surface area (Å²) in [6, 6.07) is 20.4. The van der Waals surface area contributed by atoms with Crippen LogP contribution >= 0.6 is 0 Å². The summed E-state index contributed by atoms with van der Waals surface area (Å²) in [5.74, 6) is -0.0845. The monoisotopic (exact) mass is 488 g/mol. The number of halogens is 1. The van der Waals surface area contributed by atoms with Crippen molar-refractivity contribution in [2.24, 2.45) is 0 Å². The lowest BCUT2D eigenvalue weighted by atomic mass is 10.0. The van der Waals surface area contributed by atoms with Crippen molar-refractivity contribution >= 4 is 18.0 Å². The highest BCUT2D eigenvalue weighted by Crippen LogP contribution is 2.23. The van der Waals surface area contributed by atoms with E-state index in [1.165, 1.54) is 19.2 Å². The Balaban J connectivity index is 1.43. The molecule has 0 aromatic heterocycles. The van der Waals surface area contributed by atoms with E-state index in [0.29, 0.717) is 25.1 Å². The number of hydrogen-bond donors (Lipinski definition) is 1. The first-order chi connectivity index (χ1) is 17.5. The van der Waals surface area contributed by atoms with E-state index < -0.39 is 6.04 Å². The molecule has 36 heavy (non-hydrogen) atoms. The fourth-order valence-electron chi connectivity index (χ4n) is 4.46. The summed E-state index contributed by atoms with van der Waals surface area (Å²) in [4.78, 5) is 27.5. The summed E-state index contributed by atoms with van der Waals surface area (Å²) in [5, 5.41) is 3.06. The third-order valence-electron chi connectivity index (χ3n) is 6.29. The summed E-state index contributed by atoms with van der Waals surface area (Å²) in [6.07, 6.45) is 4.39. The lowest BCUT2D eigenvalue weighted by molar-refractivity contribution is -0.145. The molecule has 6 nitrogen and oxygen atoms in total. The van der Waals surface area contributed by atoms with Gasteiger partial charge < -0.3 is 14.8 Å². The molecular weight excluding hydrogens is 459 g/mol. The predicted molar refractivity (Wildman–Crippen MR) is 137 cm³/mol. The largest absolute Gasteiger partial charge is 0.496 e. The van der Waals surface area contributed by atoms with Crippen molar-refractivity contribution in [3.8, 4) is 16.9 Å². The molecule has 1 fully saturated rings. The first kappa shape index (κ1) is 25.1. The van der Waals surface area contributed by atoms with Crippen LogP contribution in [-0.2, 0) is 9.53 Å². The highest BCUT2D eigenvalue weighted by atomic mass is 19.1. The zero-order valence-corrected chi connectivity index (χ0v) is 20.3. The van der Waals surface area contributed by atoms with Crippen LogP contribution in [-0.4, -0.2) is 56.2 Å². The molecule has 3 aromatic rings. The van der Waals surface area contributed by atoms with E-state index in [4.69, 9.17) is 9.47 Å². The van der Waals surface area contributed by atoms with Crippen molar-refractivity contribution in [1.82, 2.24) is 10.2 Å². The fraction of sp³-hybridized carbons (Fsp3) is 0.241. The highest BCUT2D eigenvalue weighted by Gasteiger charge is 2.37. The minimum absolute atomic E-state index is 0.212. The van der Waals surface area contributed by atoms with Gasteiger partial charge in [0.2, 0.25) is 0 Å². The van der Waals surface area contributed by atoms with Crippen molar-refractivity contribution in [2.45, 2.75) is 18.5 Å². The Labute approximate surface area is 210 Å². The smallest absolute Gasteiger partial charge is 0.323 e. The Kier molecular flexibility index (Phi) is 8.13. The van der Waals surface area contributed by atoms with Crippen LogP contribution in [0.5, 0.6) is 5.75 Å². The van der Waals surface area contributed by atoms with Gasteiger partial charge in [0.05, 0.1) is 14.2 Å². The third-order valence-corrected chi connectivity index (χ3v) is 6.29. The summed E-state index contributed by atoms with van der Waals surface area (Å²) < 4.78 is 23.7. The normalized spacial score (nSPS) is 17.8. The predicted octanol–water partition coefficient (Wildman–Crippen LogP) is 4.56. The first-order valence-electron chi connectivity index (χ1n) is 11.8. The maximum Gasteiger partial charge on any atom is 0.323 e. The molecular formula is C29H29FN2O4. The lowest BCUT2D eigenvalue weighted by Gasteiger charge is -2.20. The Morgan fingerprint density at radius 1 is 1.03 bits per heavy atom. The number of hydrogen-bond acceptors (Lipinski definition) is 5. The van der Waals surface area contributed by atoms with Gasteiger partial charge in [-0.25, -0.2) is 4.39 Å². The molecule has 0 aliphatic carbocycles. The molecule has 186 valence electrons. The number of para-hydroxylation sites is 1. The van der Waals surface area contributed by atoms with E-state index in [1.54, 1.807) is 37.4 Å². The van der Waals surface area contributed by atoms with Crippen LogP contribution in [0.2, 0.25) is 0 Å². The lowest BCUT2D eigenvalue weighted by Crippen LogP contribution is -2.38. The number of nitrogens with zero attached hydrogens (tertiary/aromatic N) is 1. The Morgan fingerprint density at radius 2 is 1.81 bits per heavy atom. The van der Waals surface area contributed by atoms with Crippen molar-refractivity contribution in [3.05, 3.63) is 95.8 Å². The number of carbonyl (C=O) groups is 2. The Morgan fingerprint density at radius 3 is 2.56 bits per heavy atom. The molecule has 1 amide bonds. The van der Waals surface area contributed by atoms with E-state index in [9.17, 15) is 14.0 Å². The maximum absolute atomic E-state index is 13.3. The molecule has 1 aliphatic rings. The van der Waals surface area contributed by atoms with Crippen LogP contribution in [0.4, 0.5) is 4.39 Å². The zero-order valence-electron chi connectivity index (χ0n) is 20.3. The number of benzene rings is 3. The number of esters is 1. The van der Waals surface area contributed by atoms with Gasteiger partial charge in [-0.1, -0.05) is 54.6 Å². The molecule has 1 N–H and O–H groups in total. The van der Waals surface area contributed by atoms with Crippen LogP contribution in [0.25, 0.3) is 17.2 Å². The van der Waals surface area contributed by atoms with Crippen LogP contribution in [0.1, 0.15) is 22.3 Å². The first-order valence-corrected chi connectivity index (χ1v) is 11.8. The molecule has 3 aromatic carbocycles. The van der Waals surface area contributed by atoms with Crippen molar-refractivity contribution in [1.29, 1.82) is 0 Å². The van der Waals surface area contributed by atoms with Crippen LogP contribution in [0.15, 0.2) is 78.9 Å². The quantitative estimate of drug-likeness (QED) is 0.471. The molecule has 1 heterocycles. The maximum atomic E-state index is 13.3. The van der Waals surface area contributed by atoms with Gasteiger partial charge in [-0.3, -0.25) is 14.5 Å². The Bertz CT molecular complexity index is 1240. The van der Waals surface area contributed by atoms with Crippen molar-refractivity contribution in [3.63, 3.8) is 0 Å². The average molecular weight is 489 g/mol. The van der Waals surface area contributed by atoms with Gasteiger partial charge >= 0.3 is 5.97 Å². The second kappa shape index (κ2) is 11.6. The van der Waals surface area contributed by atoms with Gasteiger partial charge in [0, 0.05) is 30.3 Å². The number of amides is 1. The molecule has 1 aliphatic heterocycles. The minimum Gasteiger partial charge on any atom is -0.496 e. The average Bonchev–Trinajstić information content (AvgIpc) is 3.31. The third kappa shape index (κ3) is 5.98. The van der Waals surface area contributed by atoms with Crippen molar-refractivity contribution in [2.75, 3.05) is 27.3 Å². The van der Waals surface area contributed by atoms with Gasteiger partial charge in [-0.2, -0.15) is 0 Å². The second-order valence-corrected chi connectivity index (χ2v) is 8.63. The van der Waals surface area contributed by atoms with Gasteiger partial charge in [0.25, 0.3) is 5.91 Å². The minimum atomic E-state index is -0.451. The summed E-state index contributed by atoms with van der Waals surface area (Å²) >= 11 is 0. The molecule has 7 heteroatoms. The molecule has 4 rings (SSSR count). The van der Waals surface area contributed by atoms with Crippen LogP contribution < -0.4 is 10.1 Å². The topological polar surface area (TPSA) is 67.9 Å². The van der Waals surface area contributed by atoms with Gasteiger partial charge in [-0.15, -0.1) is 0 Å². The van der Waals surface area contributed by atoms with Crippen LogP contribution in [0.3, 0.4) is 0 Å². The molecule has 0 unspecified atom stereocenters. The van der Waals surface area contributed by atoms with E-state index >= 15 is 0 Å². The number of ether oxygens (including phenoxy) is 2. The summed E-state index contributed by atoms with van der Waals surface area (Å²) in [6.45, 7) is 1.03.